The van der Waals surface area contributed by atoms with Crippen LogP contribution < -0.4 is 0 Å². The van der Waals surface area contributed by atoms with E-state index in [1.807, 2.05) is 13.8 Å². The van der Waals surface area contributed by atoms with E-state index in [2.05, 4.69) is 37.7 Å². The quantitative estimate of drug-likeness (QED) is 0.851. The van der Waals surface area contributed by atoms with Gasteiger partial charge >= 0.3 is 0 Å². The molecule has 3 heteroatoms. The molecule has 0 amide bonds. The molecule has 1 aromatic rings. The highest BCUT2D eigenvalue weighted by atomic mass is 16.3. The van der Waals surface area contributed by atoms with Gasteiger partial charge in [-0.2, -0.15) is 0 Å². The Hall–Kier alpha value is -0.960. The Balaban J connectivity index is 2.90. The van der Waals surface area contributed by atoms with Gasteiger partial charge in [0.15, 0.2) is 0 Å². The first kappa shape index (κ1) is 16.1. The highest BCUT2D eigenvalue weighted by Gasteiger charge is 2.17. The van der Waals surface area contributed by atoms with E-state index in [0.717, 1.165) is 42.0 Å². The van der Waals surface area contributed by atoms with Crippen molar-refractivity contribution in [2.75, 3.05) is 0 Å². The van der Waals surface area contributed by atoms with E-state index in [0.29, 0.717) is 11.8 Å². The molecule has 1 atom stereocenters. The average Bonchev–Trinajstić information content (AvgIpc) is 2.28. The lowest BCUT2D eigenvalue weighted by molar-refractivity contribution is 0.145. The minimum absolute atomic E-state index is 0.456. The molecular weight excluding hydrogens is 236 g/mol. The monoisotopic (exact) mass is 264 g/mol. The molecule has 0 saturated heterocycles. The average molecular weight is 264 g/mol. The molecule has 0 aliphatic carbocycles. The first-order valence-corrected chi connectivity index (χ1v) is 7.33. The fourth-order valence-electron chi connectivity index (χ4n) is 2.20. The van der Waals surface area contributed by atoms with Gasteiger partial charge in [-0.25, -0.2) is 0 Å². The van der Waals surface area contributed by atoms with Crippen LogP contribution in [0.15, 0.2) is 0 Å². The summed E-state index contributed by atoms with van der Waals surface area (Å²) >= 11 is 0. The number of hydrogen-bond donors (Lipinski definition) is 1. The van der Waals surface area contributed by atoms with Gasteiger partial charge < -0.3 is 5.11 Å². The molecule has 0 unspecified atom stereocenters. The predicted molar refractivity (Wildman–Crippen MR) is 79.1 cm³/mol. The van der Waals surface area contributed by atoms with E-state index in [1.54, 1.807) is 0 Å². The van der Waals surface area contributed by atoms with Crippen molar-refractivity contribution in [1.29, 1.82) is 0 Å². The van der Waals surface area contributed by atoms with Crippen molar-refractivity contribution >= 4 is 0 Å². The SMILES string of the molecule is Cc1nc([C@@H](O)CC(C)C)c(C)nc1CCC(C)C. The fraction of sp³-hybridized carbons (Fsp3) is 0.750. The van der Waals surface area contributed by atoms with Gasteiger partial charge in [-0.1, -0.05) is 27.7 Å². The number of nitrogens with zero attached hydrogens (tertiary/aromatic N) is 2. The second kappa shape index (κ2) is 6.99. The second-order valence-electron chi connectivity index (χ2n) is 6.30. The van der Waals surface area contributed by atoms with E-state index in [1.165, 1.54) is 0 Å². The molecule has 0 bridgehead atoms. The van der Waals surface area contributed by atoms with Gasteiger partial charge in [0.25, 0.3) is 0 Å². The minimum atomic E-state index is -0.495. The molecule has 0 spiro atoms. The molecule has 1 heterocycles. The van der Waals surface area contributed by atoms with Crippen LogP contribution in [0.1, 0.15) is 69.4 Å². The third-order valence-electron chi connectivity index (χ3n) is 3.35. The van der Waals surface area contributed by atoms with Gasteiger partial charge in [0.1, 0.15) is 0 Å². The number of rotatable bonds is 6. The van der Waals surface area contributed by atoms with Crippen LogP contribution >= 0.6 is 0 Å². The number of hydrogen-bond acceptors (Lipinski definition) is 3. The standard InChI is InChI=1S/C16H28N2O/c1-10(2)7-8-14-12(5)18-16(13(6)17-14)15(19)9-11(3)4/h10-11,15,19H,7-9H2,1-6H3/t15-/m0/s1. The summed E-state index contributed by atoms with van der Waals surface area (Å²) in [7, 11) is 0. The highest BCUT2D eigenvalue weighted by molar-refractivity contribution is 5.20. The Morgan fingerprint density at radius 2 is 1.58 bits per heavy atom. The molecule has 1 N–H and O–H groups in total. The zero-order valence-corrected chi connectivity index (χ0v) is 13.2. The highest BCUT2D eigenvalue weighted by Crippen LogP contribution is 2.23. The van der Waals surface area contributed by atoms with Crippen molar-refractivity contribution in [3.8, 4) is 0 Å². The summed E-state index contributed by atoms with van der Waals surface area (Å²) in [6, 6.07) is 0. The summed E-state index contributed by atoms with van der Waals surface area (Å²) in [5.74, 6) is 1.13. The second-order valence-corrected chi connectivity index (χ2v) is 6.30. The maximum Gasteiger partial charge on any atom is 0.0980 e. The molecule has 0 aromatic carbocycles. The molecule has 0 saturated carbocycles. The third-order valence-corrected chi connectivity index (χ3v) is 3.35. The third kappa shape index (κ3) is 4.90. The van der Waals surface area contributed by atoms with Gasteiger partial charge in [-0.05, 0) is 44.9 Å². The van der Waals surface area contributed by atoms with Crippen molar-refractivity contribution in [2.45, 2.75) is 66.9 Å². The molecular formula is C16H28N2O. The lowest BCUT2D eigenvalue weighted by atomic mass is 10.0. The molecule has 0 aliphatic heterocycles. The smallest absolute Gasteiger partial charge is 0.0980 e. The maximum atomic E-state index is 10.2. The number of aryl methyl sites for hydroxylation is 3. The molecule has 0 fully saturated rings. The van der Waals surface area contributed by atoms with E-state index in [-0.39, 0.29) is 0 Å². The predicted octanol–water partition coefficient (Wildman–Crippen LogP) is 3.76. The van der Waals surface area contributed by atoms with E-state index in [4.69, 9.17) is 0 Å². The van der Waals surface area contributed by atoms with Crippen molar-refractivity contribution in [3.63, 3.8) is 0 Å². The molecule has 1 aromatic heterocycles. The van der Waals surface area contributed by atoms with Crippen LogP contribution in [-0.4, -0.2) is 15.1 Å². The van der Waals surface area contributed by atoms with Crippen LogP contribution in [0.2, 0.25) is 0 Å². The lowest BCUT2D eigenvalue weighted by Gasteiger charge is -2.16. The summed E-state index contributed by atoms with van der Waals surface area (Å²) in [4.78, 5) is 9.24. The molecule has 0 radical (unpaired) electrons. The van der Waals surface area contributed by atoms with Crippen LogP contribution in [0.5, 0.6) is 0 Å². The summed E-state index contributed by atoms with van der Waals surface area (Å²) in [6.45, 7) is 12.6. The Labute approximate surface area is 117 Å². The van der Waals surface area contributed by atoms with Crippen molar-refractivity contribution in [3.05, 3.63) is 22.8 Å². The van der Waals surface area contributed by atoms with Crippen molar-refractivity contribution in [1.82, 2.24) is 9.97 Å². The molecule has 0 aliphatic rings. The number of aliphatic hydroxyl groups excluding tert-OH is 1. The number of aliphatic hydroxyl groups is 1. The van der Waals surface area contributed by atoms with Crippen LogP contribution in [0.3, 0.4) is 0 Å². The van der Waals surface area contributed by atoms with Crippen LogP contribution in [0, 0.1) is 25.7 Å². The molecule has 1 rings (SSSR count). The molecule has 19 heavy (non-hydrogen) atoms. The minimum Gasteiger partial charge on any atom is -0.387 e. The van der Waals surface area contributed by atoms with Crippen LogP contribution in [0.25, 0.3) is 0 Å². The van der Waals surface area contributed by atoms with Gasteiger partial charge in [0.05, 0.1) is 28.9 Å². The van der Waals surface area contributed by atoms with Crippen molar-refractivity contribution < 1.29 is 5.11 Å². The largest absolute Gasteiger partial charge is 0.387 e. The van der Waals surface area contributed by atoms with E-state index in [9.17, 15) is 5.11 Å². The summed E-state index contributed by atoms with van der Waals surface area (Å²) < 4.78 is 0. The first-order valence-electron chi connectivity index (χ1n) is 7.33. The van der Waals surface area contributed by atoms with Gasteiger partial charge in [-0.3, -0.25) is 9.97 Å². The van der Waals surface area contributed by atoms with Gasteiger partial charge in [0, 0.05) is 0 Å². The molecule has 108 valence electrons. The zero-order valence-electron chi connectivity index (χ0n) is 13.2. The zero-order chi connectivity index (χ0) is 14.6. The number of aromatic nitrogens is 2. The summed E-state index contributed by atoms with van der Waals surface area (Å²) in [5.41, 5.74) is 3.66. The maximum absolute atomic E-state index is 10.2. The van der Waals surface area contributed by atoms with Crippen LogP contribution in [-0.2, 0) is 6.42 Å². The normalized spacial score (nSPS) is 13.3. The lowest BCUT2D eigenvalue weighted by Crippen LogP contribution is -2.11. The van der Waals surface area contributed by atoms with E-state index < -0.39 is 6.10 Å². The Morgan fingerprint density at radius 1 is 0.947 bits per heavy atom. The van der Waals surface area contributed by atoms with Gasteiger partial charge in [0.2, 0.25) is 0 Å². The van der Waals surface area contributed by atoms with Crippen LogP contribution in [0.4, 0.5) is 0 Å². The van der Waals surface area contributed by atoms with E-state index >= 15 is 0 Å². The summed E-state index contributed by atoms with van der Waals surface area (Å²) in [6.07, 6.45) is 2.34. The Morgan fingerprint density at radius 3 is 2.11 bits per heavy atom. The molecule has 3 nitrogen and oxygen atoms in total. The first-order chi connectivity index (χ1) is 8.81. The Kier molecular flexibility index (Phi) is 5.92. The van der Waals surface area contributed by atoms with Crippen molar-refractivity contribution in [2.24, 2.45) is 11.8 Å². The Bertz CT molecular complexity index is 413. The topological polar surface area (TPSA) is 46.0 Å². The fourth-order valence-corrected chi connectivity index (χ4v) is 2.20. The summed E-state index contributed by atoms with van der Waals surface area (Å²) in [5, 5.41) is 10.2. The van der Waals surface area contributed by atoms with Gasteiger partial charge in [-0.15, -0.1) is 0 Å².